The minimum absolute atomic E-state index is 0.115. The molecule has 0 aromatic rings. The summed E-state index contributed by atoms with van der Waals surface area (Å²) in [6, 6.07) is 0.509. The van der Waals surface area contributed by atoms with E-state index in [1.807, 2.05) is 0 Å². The molecule has 0 bridgehead atoms. The Morgan fingerprint density at radius 1 is 0.703 bits per heavy atom. The molecule has 0 radical (unpaired) electrons. The lowest BCUT2D eigenvalue weighted by Crippen LogP contribution is -2.45. The van der Waals surface area contributed by atoms with Gasteiger partial charge in [-0.05, 0) is 57.5 Å². The van der Waals surface area contributed by atoms with Gasteiger partial charge in [-0.2, -0.15) is 0 Å². The zero-order chi connectivity index (χ0) is 26.6. The van der Waals surface area contributed by atoms with Crippen molar-refractivity contribution < 1.29 is 4.79 Å². The lowest BCUT2D eigenvalue weighted by molar-refractivity contribution is -0.125. The summed E-state index contributed by atoms with van der Waals surface area (Å²) in [6.07, 6.45) is 34.1. The van der Waals surface area contributed by atoms with Crippen LogP contribution in [0.4, 0.5) is 0 Å². The number of unbranched alkanes of at least 4 members (excludes halogenated alkanes) is 15. The van der Waals surface area contributed by atoms with Crippen LogP contribution in [0.25, 0.3) is 0 Å². The van der Waals surface area contributed by atoms with E-state index >= 15 is 0 Å². The van der Waals surface area contributed by atoms with Crippen LogP contribution in [0.3, 0.4) is 0 Å². The van der Waals surface area contributed by atoms with Crippen molar-refractivity contribution in [3.05, 3.63) is 0 Å². The van der Waals surface area contributed by atoms with Crippen molar-refractivity contribution in [2.24, 2.45) is 11.8 Å². The van der Waals surface area contributed by atoms with E-state index in [2.05, 4.69) is 31.1 Å². The molecule has 3 heteroatoms. The van der Waals surface area contributed by atoms with Gasteiger partial charge in [0.25, 0.3) is 0 Å². The maximum Gasteiger partial charge on any atom is 0.237 e. The molecule has 2 rings (SSSR count). The number of likely N-dealkylation sites (N-methyl/N-ethyl adjacent to an activating group) is 1. The first-order valence-electron chi connectivity index (χ1n) is 17.2. The van der Waals surface area contributed by atoms with E-state index < -0.39 is 0 Å². The van der Waals surface area contributed by atoms with Crippen LogP contribution in [0.2, 0.25) is 0 Å². The van der Waals surface area contributed by atoms with Crippen LogP contribution in [0.1, 0.15) is 174 Å². The van der Waals surface area contributed by atoms with Gasteiger partial charge in [-0.1, -0.05) is 142 Å². The first kappa shape index (κ1) is 32.6. The number of carbonyl (C=O) groups excluding carboxylic acids is 1. The highest BCUT2D eigenvalue weighted by Gasteiger charge is 2.35. The van der Waals surface area contributed by atoms with Crippen LogP contribution >= 0.6 is 0 Å². The zero-order valence-corrected chi connectivity index (χ0v) is 25.5. The van der Waals surface area contributed by atoms with Gasteiger partial charge in [0.05, 0.1) is 6.04 Å². The summed E-state index contributed by atoms with van der Waals surface area (Å²) in [5.41, 5.74) is 0. The second-order valence-corrected chi connectivity index (χ2v) is 12.9. The summed E-state index contributed by atoms with van der Waals surface area (Å²) in [6.45, 7) is 5.66. The molecule has 1 heterocycles. The van der Waals surface area contributed by atoms with E-state index in [0.29, 0.717) is 11.9 Å². The molecule has 0 spiro atoms. The molecular formula is C34H66N2O. The van der Waals surface area contributed by atoms with Crippen molar-refractivity contribution in [2.75, 3.05) is 13.6 Å². The summed E-state index contributed by atoms with van der Waals surface area (Å²) < 4.78 is 0. The molecule has 3 nitrogen and oxygen atoms in total. The quantitative estimate of drug-likeness (QED) is 0.122. The SMILES string of the molecule is CCCCCCCCC[C@H](CCCCCCC[C@@H]1C[C@@H]1CCCCCCCC)NC(=O)[C@@H]1CCCN1C. The molecule has 1 saturated heterocycles. The number of hydrogen-bond acceptors (Lipinski definition) is 2. The van der Waals surface area contributed by atoms with Gasteiger partial charge >= 0.3 is 0 Å². The van der Waals surface area contributed by atoms with Crippen molar-refractivity contribution in [2.45, 2.75) is 186 Å². The Balaban J connectivity index is 1.51. The second kappa shape index (κ2) is 21.3. The summed E-state index contributed by atoms with van der Waals surface area (Å²) in [5.74, 6) is 2.46. The highest BCUT2D eigenvalue weighted by atomic mass is 16.2. The lowest BCUT2D eigenvalue weighted by atomic mass is 9.99. The summed E-state index contributed by atoms with van der Waals surface area (Å²) in [7, 11) is 2.11. The Hall–Kier alpha value is -0.570. The third-order valence-electron chi connectivity index (χ3n) is 9.45. The number of carbonyl (C=O) groups is 1. The lowest BCUT2D eigenvalue weighted by Gasteiger charge is -2.24. The van der Waals surface area contributed by atoms with Gasteiger partial charge in [0.1, 0.15) is 0 Å². The van der Waals surface area contributed by atoms with Crippen LogP contribution in [-0.2, 0) is 4.79 Å². The van der Waals surface area contributed by atoms with Gasteiger partial charge in [-0.25, -0.2) is 0 Å². The summed E-state index contributed by atoms with van der Waals surface area (Å²) in [4.78, 5) is 15.2. The first-order valence-corrected chi connectivity index (χ1v) is 17.2. The minimum atomic E-state index is 0.115. The fourth-order valence-electron chi connectivity index (χ4n) is 6.71. The van der Waals surface area contributed by atoms with Crippen molar-refractivity contribution in [1.29, 1.82) is 0 Å². The van der Waals surface area contributed by atoms with Gasteiger partial charge in [0.2, 0.25) is 5.91 Å². The number of amides is 1. The molecule has 2 fully saturated rings. The Morgan fingerprint density at radius 3 is 1.62 bits per heavy atom. The zero-order valence-electron chi connectivity index (χ0n) is 25.5. The van der Waals surface area contributed by atoms with Gasteiger partial charge < -0.3 is 5.32 Å². The molecule has 0 aromatic carbocycles. The van der Waals surface area contributed by atoms with Crippen LogP contribution in [0, 0.1) is 11.8 Å². The molecule has 1 aliphatic heterocycles. The highest BCUT2D eigenvalue weighted by molar-refractivity contribution is 5.82. The van der Waals surface area contributed by atoms with Crippen LogP contribution in [0.15, 0.2) is 0 Å². The van der Waals surface area contributed by atoms with E-state index in [9.17, 15) is 4.79 Å². The van der Waals surface area contributed by atoms with E-state index in [1.54, 1.807) is 0 Å². The molecule has 1 aliphatic carbocycles. The van der Waals surface area contributed by atoms with Crippen molar-refractivity contribution in [1.82, 2.24) is 10.2 Å². The molecule has 1 saturated carbocycles. The third kappa shape index (κ3) is 15.6. The van der Waals surface area contributed by atoms with Crippen LogP contribution in [0.5, 0.6) is 0 Å². The molecule has 0 aromatic heterocycles. The summed E-state index contributed by atoms with van der Waals surface area (Å²) in [5, 5.41) is 3.48. The van der Waals surface area contributed by atoms with Crippen molar-refractivity contribution >= 4 is 5.91 Å². The number of hydrogen-bond donors (Lipinski definition) is 1. The minimum Gasteiger partial charge on any atom is -0.352 e. The molecular weight excluding hydrogens is 452 g/mol. The molecule has 2 aliphatic rings. The maximum atomic E-state index is 12.9. The predicted octanol–water partition coefficient (Wildman–Crippen LogP) is 9.82. The standard InChI is InChI=1S/C34H66N2O/c1-4-6-8-10-12-16-20-25-32(35-34(37)33-27-22-28-36(33)3)26-21-17-13-15-19-24-31-29-30(31)23-18-14-11-9-7-5-2/h30-33H,4-29H2,1-3H3,(H,35,37)/t30-,31+,32+,33-/m0/s1. The Labute approximate surface area is 232 Å². The van der Waals surface area contributed by atoms with E-state index in [1.165, 1.54) is 148 Å². The van der Waals surface area contributed by atoms with Gasteiger partial charge in [-0.15, -0.1) is 0 Å². The molecule has 0 unspecified atom stereocenters. The second-order valence-electron chi connectivity index (χ2n) is 12.9. The van der Waals surface area contributed by atoms with E-state index in [-0.39, 0.29) is 6.04 Å². The largest absolute Gasteiger partial charge is 0.352 e. The normalized spacial score (nSPS) is 22.4. The monoisotopic (exact) mass is 519 g/mol. The smallest absolute Gasteiger partial charge is 0.237 e. The molecule has 1 N–H and O–H groups in total. The fraction of sp³-hybridized carbons (Fsp3) is 0.971. The predicted molar refractivity (Wildman–Crippen MR) is 162 cm³/mol. The number of nitrogens with zero attached hydrogens (tertiary/aromatic N) is 1. The average Bonchev–Trinajstić information content (AvgIpc) is 3.50. The van der Waals surface area contributed by atoms with Crippen molar-refractivity contribution in [3.8, 4) is 0 Å². The maximum absolute atomic E-state index is 12.9. The average molecular weight is 519 g/mol. The van der Waals surface area contributed by atoms with E-state index in [4.69, 9.17) is 0 Å². The van der Waals surface area contributed by atoms with Crippen LogP contribution < -0.4 is 5.32 Å². The first-order chi connectivity index (χ1) is 18.2. The third-order valence-corrected chi connectivity index (χ3v) is 9.45. The Kier molecular flexibility index (Phi) is 18.8. The fourth-order valence-corrected chi connectivity index (χ4v) is 6.71. The molecule has 37 heavy (non-hydrogen) atoms. The van der Waals surface area contributed by atoms with Crippen molar-refractivity contribution in [3.63, 3.8) is 0 Å². The van der Waals surface area contributed by atoms with Crippen LogP contribution in [-0.4, -0.2) is 36.5 Å². The number of rotatable bonds is 25. The van der Waals surface area contributed by atoms with Gasteiger partial charge in [-0.3, -0.25) is 9.69 Å². The van der Waals surface area contributed by atoms with Gasteiger partial charge in [0, 0.05) is 6.04 Å². The molecule has 218 valence electrons. The Bertz CT molecular complexity index is 550. The topological polar surface area (TPSA) is 32.3 Å². The molecule has 4 atom stereocenters. The number of nitrogens with one attached hydrogen (secondary N) is 1. The molecule has 1 amide bonds. The van der Waals surface area contributed by atoms with E-state index in [0.717, 1.165) is 31.2 Å². The van der Waals surface area contributed by atoms with Gasteiger partial charge in [0.15, 0.2) is 0 Å². The number of likely N-dealkylation sites (tertiary alicyclic amines) is 1. The Morgan fingerprint density at radius 2 is 1.16 bits per heavy atom. The highest BCUT2D eigenvalue weighted by Crippen LogP contribution is 2.45. The summed E-state index contributed by atoms with van der Waals surface area (Å²) >= 11 is 0.